The van der Waals surface area contributed by atoms with E-state index in [1.807, 2.05) is 13.8 Å². The van der Waals surface area contributed by atoms with E-state index in [0.29, 0.717) is 30.5 Å². The molecule has 0 unspecified atom stereocenters. The molecule has 7 nitrogen and oxygen atoms in total. The van der Waals surface area contributed by atoms with Crippen molar-refractivity contribution in [2.45, 2.75) is 58.8 Å². The summed E-state index contributed by atoms with van der Waals surface area (Å²) in [5, 5.41) is 4.96. The molecule has 0 saturated carbocycles. The maximum Gasteiger partial charge on any atom is 0.339 e. The molecule has 0 spiro atoms. The third kappa shape index (κ3) is 3.61. The van der Waals surface area contributed by atoms with Crippen LogP contribution in [0.25, 0.3) is 21.9 Å². The van der Waals surface area contributed by atoms with Crippen LogP contribution in [-0.4, -0.2) is 22.4 Å². The smallest absolute Gasteiger partial charge is 0.339 e. The minimum atomic E-state index is -0.376. The van der Waals surface area contributed by atoms with Crippen LogP contribution in [0.2, 0.25) is 0 Å². The van der Waals surface area contributed by atoms with Gasteiger partial charge in [-0.3, -0.25) is 4.79 Å². The first-order valence-corrected chi connectivity index (χ1v) is 11.3. The highest BCUT2D eigenvalue weighted by Crippen LogP contribution is 2.37. The third-order valence-electron chi connectivity index (χ3n) is 6.60. The summed E-state index contributed by atoms with van der Waals surface area (Å²) in [5.74, 6) is 0.982. The second-order valence-corrected chi connectivity index (χ2v) is 8.64. The number of nitrogens with zero attached hydrogens (tertiary/aromatic N) is 1. The minimum Gasteiger partial charge on any atom is -0.460 e. The zero-order valence-corrected chi connectivity index (χ0v) is 18.5. The lowest BCUT2D eigenvalue weighted by Crippen LogP contribution is -2.26. The molecule has 1 aliphatic rings. The van der Waals surface area contributed by atoms with Crippen LogP contribution in [0.1, 0.15) is 53.0 Å². The van der Waals surface area contributed by atoms with Crippen molar-refractivity contribution in [3.63, 3.8) is 0 Å². The molecule has 0 atom stereocenters. The molecule has 0 aliphatic heterocycles. The lowest BCUT2D eigenvalue weighted by molar-refractivity contribution is -0.121. The minimum absolute atomic E-state index is 0.0843. The van der Waals surface area contributed by atoms with E-state index in [4.69, 9.17) is 8.83 Å². The van der Waals surface area contributed by atoms with Crippen LogP contribution in [0, 0.1) is 13.8 Å². The number of aromatic nitrogens is 2. The van der Waals surface area contributed by atoms with Crippen LogP contribution in [0.15, 0.2) is 32.2 Å². The van der Waals surface area contributed by atoms with Gasteiger partial charge in [-0.25, -0.2) is 9.78 Å². The quantitative estimate of drug-likeness (QED) is 0.447. The highest BCUT2D eigenvalue weighted by Gasteiger charge is 2.23. The summed E-state index contributed by atoms with van der Waals surface area (Å²) in [6.07, 6.45) is 8.93. The molecule has 3 aromatic heterocycles. The Hall–Kier alpha value is -3.35. The average Bonchev–Trinajstić information content (AvgIpc) is 3.43. The summed E-state index contributed by atoms with van der Waals surface area (Å²) >= 11 is 0. The van der Waals surface area contributed by atoms with Crippen molar-refractivity contribution in [2.75, 3.05) is 6.54 Å². The Balaban J connectivity index is 1.40. The molecule has 0 fully saturated rings. The van der Waals surface area contributed by atoms with Crippen molar-refractivity contribution in [2.24, 2.45) is 0 Å². The molecule has 5 rings (SSSR count). The van der Waals surface area contributed by atoms with Crippen molar-refractivity contribution >= 4 is 27.8 Å². The average molecular weight is 434 g/mol. The van der Waals surface area contributed by atoms with Gasteiger partial charge in [0.1, 0.15) is 16.9 Å². The molecule has 0 saturated heterocycles. The highest BCUT2D eigenvalue weighted by molar-refractivity contribution is 6.00. The van der Waals surface area contributed by atoms with Crippen molar-refractivity contribution in [1.29, 1.82) is 0 Å². The lowest BCUT2D eigenvalue weighted by atomic mass is 9.93. The molecule has 1 amide bonds. The largest absolute Gasteiger partial charge is 0.460 e. The molecule has 0 bridgehead atoms. The lowest BCUT2D eigenvalue weighted by Gasteiger charge is -2.11. The number of aryl methyl sites for hydroxylation is 4. The Morgan fingerprint density at radius 3 is 2.72 bits per heavy atom. The highest BCUT2D eigenvalue weighted by atomic mass is 16.4. The Bertz CT molecular complexity index is 1360. The molecule has 4 aromatic rings. The standard InChI is InChI=1S/C25H27N3O4/c1-14-17(7-8-22(29)27-10-9-16-12-26-13-28-16)25(30)32-23-15(2)24-20(11-19(14)23)18-5-3-4-6-21(18)31-24/h11-13H,3-10H2,1-2H3,(H,26,28)(H,27,29). The van der Waals surface area contributed by atoms with Crippen molar-refractivity contribution in [3.8, 4) is 0 Å². The predicted octanol–water partition coefficient (Wildman–Crippen LogP) is 4.05. The molecule has 7 heteroatoms. The van der Waals surface area contributed by atoms with Crippen LogP contribution in [0.3, 0.4) is 0 Å². The van der Waals surface area contributed by atoms with Gasteiger partial charge in [-0.1, -0.05) is 0 Å². The SMILES string of the molecule is Cc1c(CCC(=O)NCCc2cnc[nH]2)c(=O)oc2c(C)c3oc4c(c3cc12)CCCC4. The van der Waals surface area contributed by atoms with Gasteiger partial charge in [0, 0.05) is 65.2 Å². The van der Waals surface area contributed by atoms with Gasteiger partial charge >= 0.3 is 5.63 Å². The van der Waals surface area contributed by atoms with Crippen LogP contribution in [-0.2, 0) is 30.5 Å². The normalized spacial score (nSPS) is 13.6. The number of furan rings is 1. The van der Waals surface area contributed by atoms with Gasteiger partial charge in [-0.15, -0.1) is 0 Å². The van der Waals surface area contributed by atoms with Gasteiger partial charge in [-0.2, -0.15) is 0 Å². The fraction of sp³-hybridized carbons (Fsp3) is 0.400. The van der Waals surface area contributed by atoms with E-state index >= 15 is 0 Å². The third-order valence-corrected chi connectivity index (χ3v) is 6.60. The van der Waals surface area contributed by atoms with Crippen LogP contribution in [0.5, 0.6) is 0 Å². The number of amides is 1. The molecule has 1 aliphatic carbocycles. The van der Waals surface area contributed by atoms with E-state index in [0.717, 1.165) is 58.2 Å². The topological polar surface area (TPSA) is 101 Å². The summed E-state index contributed by atoms with van der Waals surface area (Å²) in [6.45, 7) is 4.42. The first kappa shape index (κ1) is 20.5. The zero-order valence-electron chi connectivity index (χ0n) is 18.5. The molecule has 0 radical (unpaired) electrons. The molecule has 32 heavy (non-hydrogen) atoms. The predicted molar refractivity (Wildman–Crippen MR) is 122 cm³/mol. The number of aromatic amines is 1. The van der Waals surface area contributed by atoms with Gasteiger partial charge in [0.2, 0.25) is 5.91 Å². The Kier molecular flexibility index (Phi) is 5.33. The fourth-order valence-electron chi connectivity index (χ4n) is 4.79. The number of carbonyl (C=O) groups excluding carboxylic acids is 1. The van der Waals surface area contributed by atoms with E-state index in [9.17, 15) is 9.59 Å². The van der Waals surface area contributed by atoms with E-state index in [-0.39, 0.29) is 18.0 Å². The number of H-pyrrole nitrogens is 1. The number of hydrogen-bond donors (Lipinski definition) is 2. The number of rotatable bonds is 6. The van der Waals surface area contributed by atoms with Crippen molar-refractivity contribution in [3.05, 3.63) is 62.7 Å². The second-order valence-electron chi connectivity index (χ2n) is 8.64. The number of imidazole rings is 1. The molecule has 3 heterocycles. The Morgan fingerprint density at radius 2 is 1.91 bits per heavy atom. The Morgan fingerprint density at radius 1 is 1.09 bits per heavy atom. The maximum absolute atomic E-state index is 12.8. The fourth-order valence-corrected chi connectivity index (χ4v) is 4.79. The van der Waals surface area contributed by atoms with E-state index in [2.05, 4.69) is 21.4 Å². The van der Waals surface area contributed by atoms with Gasteiger partial charge in [-0.05, 0) is 51.2 Å². The molecule has 166 valence electrons. The van der Waals surface area contributed by atoms with Crippen LogP contribution >= 0.6 is 0 Å². The number of benzene rings is 1. The number of hydrogen-bond acceptors (Lipinski definition) is 5. The monoisotopic (exact) mass is 433 g/mol. The van der Waals surface area contributed by atoms with Crippen LogP contribution < -0.4 is 10.9 Å². The summed E-state index contributed by atoms with van der Waals surface area (Å²) in [4.78, 5) is 32.1. The number of nitrogens with one attached hydrogen (secondary N) is 2. The van der Waals surface area contributed by atoms with Gasteiger partial charge in [0.15, 0.2) is 0 Å². The summed E-state index contributed by atoms with van der Waals surface area (Å²) in [5.41, 5.74) is 5.62. The van der Waals surface area contributed by atoms with E-state index in [1.165, 1.54) is 12.0 Å². The van der Waals surface area contributed by atoms with E-state index < -0.39 is 0 Å². The first-order valence-electron chi connectivity index (χ1n) is 11.3. The first-order chi connectivity index (χ1) is 15.5. The summed E-state index contributed by atoms with van der Waals surface area (Å²) in [6, 6.07) is 2.11. The van der Waals surface area contributed by atoms with Gasteiger partial charge < -0.3 is 19.1 Å². The molecular formula is C25H27N3O4. The van der Waals surface area contributed by atoms with Crippen molar-refractivity contribution in [1.82, 2.24) is 15.3 Å². The van der Waals surface area contributed by atoms with E-state index in [1.54, 1.807) is 12.5 Å². The summed E-state index contributed by atoms with van der Waals surface area (Å²) < 4.78 is 11.9. The summed E-state index contributed by atoms with van der Waals surface area (Å²) in [7, 11) is 0. The second kappa shape index (κ2) is 8.30. The Labute approximate surface area is 185 Å². The molecular weight excluding hydrogens is 406 g/mol. The maximum atomic E-state index is 12.8. The zero-order chi connectivity index (χ0) is 22.2. The van der Waals surface area contributed by atoms with Crippen LogP contribution in [0.4, 0.5) is 0 Å². The molecule has 1 aromatic carbocycles. The van der Waals surface area contributed by atoms with Crippen molar-refractivity contribution < 1.29 is 13.6 Å². The number of fused-ring (bicyclic) bond motifs is 4. The van der Waals surface area contributed by atoms with Gasteiger partial charge in [0.25, 0.3) is 0 Å². The van der Waals surface area contributed by atoms with Gasteiger partial charge in [0.05, 0.1) is 6.33 Å². The molecule has 2 N–H and O–H groups in total. The number of carbonyl (C=O) groups is 1.